The second-order valence-corrected chi connectivity index (χ2v) is 8.79. The Morgan fingerprint density at radius 2 is 2.05 bits per heavy atom. The Labute approximate surface area is 138 Å². The van der Waals surface area contributed by atoms with E-state index in [9.17, 15) is 9.90 Å². The van der Waals surface area contributed by atoms with Gasteiger partial charge in [0.1, 0.15) is 10.6 Å². The molecule has 1 fully saturated rings. The van der Waals surface area contributed by atoms with Crippen molar-refractivity contribution in [3.05, 3.63) is 15.0 Å². The normalized spacial score (nSPS) is 33.2. The van der Waals surface area contributed by atoms with Gasteiger partial charge in [0.2, 0.25) is 0 Å². The summed E-state index contributed by atoms with van der Waals surface area (Å²) in [5.41, 5.74) is -0.940. The summed E-state index contributed by atoms with van der Waals surface area (Å²) in [6.07, 6.45) is 2.68. The molecular weight excluding hydrogens is 354 g/mol. The zero-order valence-electron chi connectivity index (χ0n) is 12.8. The van der Waals surface area contributed by atoms with E-state index in [0.29, 0.717) is 12.8 Å². The highest BCUT2D eigenvalue weighted by molar-refractivity contribution is 9.11. The average molecular weight is 376 g/mol. The van der Waals surface area contributed by atoms with Crippen LogP contribution in [0.15, 0.2) is 9.98 Å². The highest BCUT2D eigenvalue weighted by atomic mass is 79.9. The second-order valence-electron chi connectivity index (χ2n) is 6.38. The summed E-state index contributed by atoms with van der Waals surface area (Å²) in [6, 6.07) is 0. The second kappa shape index (κ2) is 6.34. The lowest BCUT2D eigenvalue weighted by molar-refractivity contribution is -0.163. The van der Waals surface area contributed by atoms with Gasteiger partial charge in [-0.25, -0.2) is 4.98 Å². The molecule has 0 aromatic carbocycles. The van der Waals surface area contributed by atoms with Crippen LogP contribution in [0.5, 0.6) is 0 Å². The van der Waals surface area contributed by atoms with Gasteiger partial charge in [0.25, 0.3) is 0 Å². The highest BCUT2D eigenvalue weighted by Crippen LogP contribution is 2.47. The lowest BCUT2D eigenvalue weighted by Crippen LogP contribution is -2.44. The van der Waals surface area contributed by atoms with Crippen molar-refractivity contribution in [2.45, 2.75) is 52.2 Å². The molecule has 1 saturated carbocycles. The van der Waals surface area contributed by atoms with Crippen LogP contribution in [0.4, 0.5) is 0 Å². The first kappa shape index (κ1) is 16.9. The number of rotatable bonds is 3. The Morgan fingerprint density at radius 1 is 1.48 bits per heavy atom. The minimum atomic E-state index is -0.940. The topological polar surface area (TPSA) is 59.4 Å². The number of carbonyl (C=O) groups is 1. The van der Waals surface area contributed by atoms with Crippen molar-refractivity contribution in [3.8, 4) is 0 Å². The number of aromatic nitrogens is 1. The van der Waals surface area contributed by atoms with Crippen LogP contribution in [0, 0.1) is 17.8 Å². The molecule has 1 aromatic rings. The van der Waals surface area contributed by atoms with Crippen LogP contribution in [0.1, 0.15) is 45.5 Å². The Morgan fingerprint density at radius 3 is 2.48 bits per heavy atom. The molecule has 1 N–H and O–H groups in total. The largest absolute Gasteiger partial charge is 0.463 e. The maximum Gasteiger partial charge on any atom is 0.309 e. The van der Waals surface area contributed by atoms with Crippen LogP contribution in [0.3, 0.4) is 0 Å². The summed E-state index contributed by atoms with van der Waals surface area (Å²) in [5, 5.41) is 11.7. The lowest BCUT2D eigenvalue weighted by atomic mass is 9.67. The predicted molar refractivity (Wildman–Crippen MR) is 86.0 cm³/mol. The van der Waals surface area contributed by atoms with E-state index >= 15 is 0 Å². The summed E-state index contributed by atoms with van der Waals surface area (Å²) in [6.45, 7) is 7.74. The fourth-order valence-corrected chi connectivity index (χ4v) is 4.70. The fourth-order valence-electron chi connectivity index (χ4n) is 3.38. The average Bonchev–Trinajstić information content (AvgIpc) is 2.74. The van der Waals surface area contributed by atoms with Crippen molar-refractivity contribution in [1.29, 1.82) is 0 Å². The van der Waals surface area contributed by atoms with E-state index in [1.807, 2.05) is 27.7 Å². The molecule has 2 atom stereocenters. The van der Waals surface area contributed by atoms with E-state index in [1.165, 1.54) is 11.3 Å². The van der Waals surface area contributed by atoms with Crippen LogP contribution >= 0.6 is 27.3 Å². The van der Waals surface area contributed by atoms with Gasteiger partial charge in [-0.05, 0) is 54.5 Å². The number of aliphatic hydroxyl groups is 1. The first-order valence-corrected chi connectivity index (χ1v) is 8.88. The van der Waals surface area contributed by atoms with Gasteiger partial charge in [-0.2, -0.15) is 0 Å². The third-order valence-electron chi connectivity index (χ3n) is 4.05. The Kier molecular flexibility index (Phi) is 5.11. The summed E-state index contributed by atoms with van der Waals surface area (Å²) >= 11 is 4.84. The number of carbonyl (C=O) groups excluding carboxylic acids is 1. The van der Waals surface area contributed by atoms with Crippen LogP contribution in [0.25, 0.3) is 0 Å². The van der Waals surface area contributed by atoms with E-state index in [4.69, 9.17) is 4.74 Å². The number of halogens is 1. The number of ether oxygens (including phenoxy) is 1. The smallest absolute Gasteiger partial charge is 0.309 e. The van der Waals surface area contributed by atoms with Gasteiger partial charge in [0.05, 0.1) is 22.0 Å². The van der Waals surface area contributed by atoms with Gasteiger partial charge in [0, 0.05) is 0 Å². The zero-order valence-corrected chi connectivity index (χ0v) is 15.2. The third-order valence-corrected chi connectivity index (χ3v) is 5.71. The summed E-state index contributed by atoms with van der Waals surface area (Å²) in [5.74, 6) is -0.177. The Hall–Kier alpha value is -0.460. The maximum atomic E-state index is 12.3. The van der Waals surface area contributed by atoms with E-state index in [0.717, 1.165) is 8.79 Å². The van der Waals surface area contributed by atoms with Crippen LogP contribution in [0.2, 0.25) is 0 Å². The molecular formula is C15H22BrNO3S. The van der Waals surface area contributed by atoms with Gasteiger partial charge in [-0.15, -0.1) is 11.3 Å². The molecule has 0 spiro atoms. The summed E-state index contributed by atoms with van der Waals surface area (Å²) in [7, 11) is 0. The molecule has 2 unspecified atom stereocenters. The van der Waals surface area contributed by atoms with Crippen molar-refractivity contribution in [2.75, 3.05) is 0 Å². The molecule has 118 valence electrons. The molecule has 0 amide bonds. The molecule has 1 aromatic heterocycles. The van der Waals surface area contributed by atoms with Crippen molar-refractivity contribution in [3.63, 3.8) is 0 Å². The highest BCUT2D eigenvalue weighted by Gasteiger charge is 2.47. The number of thiazole rings is 1. The van der Waals surface area contributed by atoms with E-state index in [-0.39, 0.29) is 29.8 Å². The monoisotopic (exact) mass is 375 g/mol. The maximum absolute atomic E-state index is 12.3. The summed E-state index contributed by atoms with van der Waals surface area (Å²) in [4.78, 5) is 16.6. The van der Waals surface area contributed by atoms with Gasteiger partial charge in [-0.1, -0.05) is 13.8 Å². The molecule has 2 rings (SSSR count). The van der Waals surface area contributed by atoms with E-state index in [2.05, 4.69) is 20.9 Å². The quantitative estimate of drug-likeness (QED) is 0.817. The lowest BCUT2D eigenvalue weighted by Gasteiger charge is -2.42. The van der Waals surface area contributed by atoms with Crippen molar-refractivity contribution in [1.82, 2.24) is 4.98 Å². The Balaban J connectivity index is 2.16. The van der Waals surface area contributed by atoms with Crippen LogP contribution in [-0.4, -0.2) is 22.2 Å². The van der Waals surface area contributed by atoms with E-state index < -0.39 is 5.60 Å². The van der Waals surface area contributed by atoms with E-state index in [1.54, 1.807) is 6.20 Å². The molecule has 0 saturated heterocycles. The number of hydrogen-bond donors (Lipinski definition) is 1. The molecule has 1 aliphatic carbocycles. The molecule has 1 aliphatic rings. The fraction of sp³-hybridized carbons (Fsp3) is 0.733. The number of nitrogens with zero attached hydrogens (tertiary/aromatic N) is 1. The molecule has 1 heterocycles. The minimum absolute atomic E-state index is 0.0627. The molecule has 0 bridgehead atoms. The minimum Gasteiger partial charge on any atom is -0.463 e. The Bertz CT molecular complexity index is 505. The van der Waals surface area contributed by atoms with Crippen molar-refractivity contribution in [2.24, 2.45) is 17.8 Å². The first-order chi connectivity index (χ1) is 9.73. The first-order valence-electron chi connectivity index (χ1n) is 7.27. The van der Waals surface area contributed by atoms with Crippen LogP contribution in [-0.2, 0) is 15.1 Å². The van der Waals surface area contributed by atoms with Gasteiger partial charge < -0.3 is 9.84 Å². The molecule has 0 radical (unpaired) electrons. The molecule has 0 aliphatic heterocycles. The number of esters is 1. The summed E-state index contributed by atoms with van der Waals surface area (Å²) < 4.78 is 6.28. The molecule has 21 heavy (non-hydrogen) atoms. The van der Waals surface area contributed by atoms with Gasteiger partial charge >= 0.3 is 5.97 Å². The molecule has 4 nitrogen and oxygen atoms in total. The standard InChI is InChI=1S/C15H22BrNO3S/c1-8(2)20-13(18)12-9(3)5-15(19,6-10(12)4)14-17-7-11(16)21-14/h7-10,12,19H,5-6H2,1-4H3. The van der Waals surface area contributed by atoms with Crippen molar-refractivity contribution >= 4 is 33.2 Å². The van der Waals surface area contributed by atoms with Gasteiger partial charge in [0.15, 0.2) is 0 Å². The van der Waals surface area contributed by atoms with Crippen molar-refractivity contribution < 1.29 is 14.6 Å². The number of hydrogen-bond acceptors (Lipinski definition) is 5. The zero-order chi connectivity index (χ0) is 15.8. The van der Waals surface area contributed by atoms with Crippen LogP contribution < -0.4 is 0 Å². The predicted octanol–water partition coefficient (Wildman–Crippen LogP) is 3.73. The SMILES string of the molecule is CC(C)OC(=O)C1C(C)CC(O)(c2ncc(Br)s2)CC1C. The molecule has 6 heteroatoms. The third kappa shape index (κ3) is 3.66. The van der Waals surface area contributed by atoms with Gasteiger partial charge in [-0.3, -0.25) is 4.79 Å².